The van der Waals surface area contributed by atoms with Crippen LogP contribution in [-0.2, 0) is 11.3 Å². The second kappa shape index (κ2) is 6.84. The van der Waals surface area contributed by atoms with E-state index in [4.69, 9.17) is 16.3 Å². The number of amides is 1. The molecule has 0 bridgehead atoms. The monoisotopic (exact) mass is 325 g/mol. The van der Waals surface area contributed by atoms with E-state index >= 15 is 0 Å². The third kappa shape index (κ3) is 4.85. The Hall–Kier alpha value is -1.33. The number of halogens is 1. The van der Waals surface area contributed by atoms with Crippen LogP contribution in [0.5, 0.6) is 0 Å². The minimum absolute atomic E-state index is 0.129. The van der Waals surface area contributed by atoms with Crippen molar-refractivity contribution >= 4 is 17.7 Å². The normalized spacial score (nSPS) is 20.0. The topological polar surface area (TPSA) is 45.7 Å². The van der Waals surface area contributed by atoms with Crippen LogP contribution in [-0.4, -0.2) is 52.2 Å². The summed E-state index contributed by atoms with van der Waals surface area (Å²) in [7, 11) is 0. The van der Waals surface area contributed by atoms with Crippen LogP contribution in [0.2, 0.25) is 5.15 Å². The number of nitrogens with zero attached hydrogens (tertiary/aromatic N) is 3. The zero-order chi connectivity index (χ0) is 16.3. The fourth-order valence-electron chi connectivity index (χ4n) is 2.53. The maximum absolute atomic E-state index is 12.2. The summed E-state index contributed by atoms with van der Waals surface area (Å²) in [6, 6.07) is 3.92. The van der Waals surface area contributed by atoms with E-state index in [2.05, 4.69) is 16.8 Å². The van der Waals surface area contributed by atoms with Crippen molar-refractivity contribution in [3.8, 4) is 0 Å². The Balaban J connectivity index is 1.89. The van der Waals surface area contributed by atoms with Crippen LogP contribution in [0.15, 0.2) is 18.3 Å². The van der Waals surface area contributed by atoms with Crippen molar-refractivity contribution in [1.82, 2.24) is 14.8 Å². The van der Waals surface area contributed by atoms with Gasteiger partial charge >= 0.3 is 6.09 Å². The fourth-order valence-corrected chi connectivity index (χ4v) is 2.64. The van der Waals surface area contributed by atoms with Crippen molar-refractivity contribution in [2.75, 3.05) is 19.6 Å². The first-order chi connectivity index (χ1) is 10.2. The molecular formula is C16H24ClN3O2. The maximum atomic E-state index is 12.2. The average molecular weight is 326 g/mol. The maximum Gasteiger partial charge on any atom is 0.410 e. The lowest BCUT2D eigenvalue weighted by atomic mass is 10.1. The first-order valence-electron chi connectivity index (χ1n) is 7.57. The van der Waals surface area contributed by atoms with Crippen LogP contribution >= 0.6 is 11.6 Å². The van der Waals surface area contributed by atoms with Crippen molar-refractivity contribution < 1.29 is 9.53 Å². The average Bonchev–Trinajstić information content (AvgIpc) is 2.39. The zero-order valence-electron chi connectivity index (χ0n) is 13.7. The predicted octanol–water partition coefficient (Wildman–Crippen LogP) is 3.18. The summed E-state index contributed by atoms with van der Waals surface area (Å²) in [5.41, 5.74) is 0.672. The second-order valence-corrected chi connectivity index (χ2v) is 7.13. The molecule has 1 saturated heterocycles. The molecule has 6 heteroatoms. The lowest BCUT2D eigenvalue weighted by molar-refractivity contribution is 0.000551. The Morgan fingerprint density at radius 2 is 2.14 bits per heavy atom. The molecule has 2 heterocycles. The van der Waals surface area contributed by atoms with Crippen molar-refractivity contribution in [2.24, 2.45) is 0 Å². The number of hydrogen-bond donors (Lipinski definition) is 0. The van der Waals surface area contributed by atoms with Crippen LogP contribution in [0.3, 0.4) is 0 Å². The van der Waals surface area contributed by atoms with Crippen molar-refractivity contribution in [1.29, 1.82) is 0 Å². The third-order valence-electron chi connectivity index (χ3n) is 3.53. The first kappa shape index (κ1) is 17.0. The molecule has 0 N–H and O–H groups in total. The van der Waals surface area contributed by atoms with Crippen LogP contribution < -0.4 is 0 Å². The van der Waals surface area contributed by atoms with Crippen molar-refractivity contribution in [2.45, 2.75) is 45.9 Å². The van der Waals surface area contributed by atoms with E-state index in [0.717, 1.165) is 25.2 Å². The lowest BCUT2D eigenvalue weighted by Crippen LogP contribution is -2.54. The standard InChI is InChI=1S/C16H24ClN3O2/c1-12-10-19(11-13-5-6-14(17)18-9-13)7-8-20(12)15(21)22-16(2,3)4/h5-6,9,12H,7-8,10-11H2,1-4H3. The summed E-state index contributed by atoms with van der Waals surface area (Å²) in [6.07, 6.45) is 1.57. The molecule has 2 rings (SSSR count). The Morgan fingerprint density at radius 3 is 2.68 bits per heavy atom. The lowest BCUT2D eigenvalue weighted by Gasteiger charge is -2.40. The molecule has 1 fully saturated rings. The molecular weight excluding hydrogens is 302 g/mol. The highest BCUT2D eigenvalue weighted by Gasteiger charge is 2.30. The number of rotatable bonds is 2. The Morgan fingerprint density at radius 1 is 1.41 bits per heavy atom. The highest BCUT2D eigenvalue weighted by Crippen LogP contribution is 2.17. The Kier molecular flexibility index (Phi) is 5.29. The Labute approximate surface area is 137 Å². The molecule has 0 aliphatic carbocycles. The Bertz CT molecular complexity index is 513. The number of carbonyl (C=O) groups excluding carboxylic acids is 1. The molecule has 1 aliphatic rings. The van der Waals surface area contributed by atoms with Gasteiger partial charge in [0, 0.05) is 38.4 Å². The summed E-state index contributed by atoms with van der Waals surface area (Å²) in [5, 5.41) is 0.506. The highest BCUT2D eigenvalue weighted by molar-refractivity contribution is 6.29. The second-order valence-electron chi connectivity index (χ2n) is 6.75. The molecule has 5 nitrogen and oxygen atoms in total. The van der Waals surface area contributed by atoms with Gasteiger partial charge in [0.05, 0.1) is 0 Å². The predicted molar refractivity (Wildman–Crippen MR) is 86.9 cm³/mol. The van der Waals surface area contributed by atoms with Gasteiger partial charge in [-0.2, -0.15) is 0 Å². The van der Waals surface area contributed by atoms with Gasteiger partial charge in [-0.15, -0.1) is 0 Å². The SMILES string of the molecule is CC1CN(Cc2ccc(Cl)nc2)CCN1C(=O)OC(C)(C)C. The molecule has 1 atom stereocenters. The molecule has 1 aromatic heterocycles. The molecule has 1 amide bonds. The van der Waals surface area contributed by atoms with Crippen molar-refractivity contribution in [3.63, 3.8) is 0 Å². The summed E-state index contributed by atoms with van der Waals surface area (Å²) < 4.78 is 5.46. The van der Waals surface area contributed by atoms with E-state index in [1.165, 1.54) is 0 Å². The third-order valence-corrected chi connectivity index (χ3v) is 3.76. The molecule has 0 saturated carbocycles. The van der Waals surface area contributed by atoms with Crippen molar-refractivity contribution in [3.05, 3.63) is 29.0 Å². The molecule has 0 aromatic carbocycles. The number of pyridine rings is 1. The van der Waals surface area contributed by atoms with Gasteiger partial charge in [-0.25, -0.2) is 9.78 Å². The largest absolute Gasteiger partial charge is 0.444 e. The van der Waals surface area contributed by atoms with E-state index in [0.29, 0.717) is 11.7 Å². The van der Waals surface area contributed by atoms with Crippen LogP contribution in [0, 0.1) is 0 Å². The molecule has 0 radical (unpaired) electrons. The number of ether oxygens (including phenoxy) is 1. The van der Waals surface area contributed by atoms with Crippen LogP contribution in [0.1, 0.15) is 33.3 Å². The molecule has 0 spiro atoms. The van der Waals surface area contributed by atoms with Gasteiger partial charge < -0.3 is 9.64 Å². The van der Waals surface area contributed by atoms with Gasteiger partial charge in [0.1, 0.15) is 10.8 Å². The van der Waals surface area contributed by atoms with Crippen LogP contribution in [0.25, 0.3) is 0 Å². The van der Waals surface area contributed by atoms with Crippen LogP contribution in [0.4, 0.5) is 4.79 Å². The minimum atomic E-state index is -0.455. The van der Waals surface area contributed by atoms with Gasteiger partial charge in [-0.3, -0.25) is 4.90 Å². The van der Waals surface area contributed by atoms with Gasteiger partial charge in [0.25, 0.3) is 0 Å². The number of piperazine rings is 1. The first-order valence-corrected chi connectivity index (χ1v) is 7.95. The highest BCUT2D eigenvalue weighted by atomic mass is 35.5. The van der Waals surface area contributed by atoms with Gasteiger partial charge in [0.2, 0.25) is 0 Å². The van der Waals surface area contributed by atoms with Gasteiger partial charge in [0.15, 0.2) is 0 Å². The number of aromatic nitrogens is 1. The molecule has 122 valence electrons. The summed E-state index contributed by atoms with van der Waals surface area (Å²) in [6.45, 7) is 10.9. The van der Waals surface area contributed by atoms with E-state index in [9.17, 15) is 4.79 Å². The minimum Gasteiger partial charge on any atom is -0.444 e. The smallest absolute Gasteiger partial charge is 0.410 e. The zero-order valence-corrected chi connectivity index (χ0v) is 14.4. The van der Waals surface area contributed by atoms with E-state index in [-0.39, 0.29) is 12.1 Å². The molecule has 22 heavy (non-hydrogen) atoms. The van der Waals surface area contributed by atoms with E-state index < -0.39 is 5.60 Å². The van der Waals surface area contributed by atoms with Gasteiger partial charge in [-0.1, -0.05) is 17.7 Å². The quantitative estimate of drug-likeness (QED) is 0.783. The summed E-state index contributed by atoms with van der Waals surface area (Å²) in [5.74, 6) is 0. The molecule has 1 aliphatic heterocycles. The number of carbonyl (C=O) groups is 1. The fraction of sp³-hybridized carbons (Fsp3) is 0.625. The molecule has 1 unspecified atom stereocenters. The van der Waals surface area contributed by atoms with E-state index in [1.807, 2.05) is 31.7 Å². The van der Waals surface area contributed by atoms with Gasteiger partial charge in [-0.05, 0) is 39.3 Å². The summed E-state index contributed by atoms with van der Waals surface area (Å²) in [4.78, 5) is 20.4. The number of hydrogen-bond acceptors (Lipinski definition) is 4. The summed E-state index contributed by atoms with van der Waals surface area (Å²) >= 11 is 5.80. The molecule has 1 aromatic rings. The van der Waals surface area contributed by atoms with E-state index in [1.54, 1.807) is 12.3 Å².